The highest BCUT2D eigenvalue weighted by Gasteiger charge is 2.53. The van der Waals surface area contributed by atoms with Gasteiger partial charge in [0.1, 0.15) is 5.76 Å². The maximum absolute atomic E-state index is 6.26. The molecule has 2 N–H and O–H groups in total. The third-order valence-corrected chi connectivity index (χ3v) is 6.66. The summed E-state index contributed by atoms with van der Waals surface area (Å²) in [5, 5.41) is 0. The minimum atomic E-state index is 0.223. The summed E-state index contributed by atoms with van der Waals surface area (Å²) in [5.74, 6) is 5.90. The Bertz CT molecular complexity index is 438. The molecule has 4 aliphatic rings. The van der Waals surface area contributed by atoms with Gasteiger partial charge in [0, 0.05) is 6.42 Å². The van der Waals surface area contributed by atoms with Crippen LogP contribution in [0.25, 0.3) is 0 Å². The molecule has 0 spiro atoms. The topological polar surface area (TPSA) is 39.2 Å². The number of hydrogen-bond donors (Lipinski definition) is 1. The lowest BCUT2D eigenvalue weighted by Gasteiger charge is -2.59. The van der Waals surface area contributed by atoms with Crippen LogP contribution in [0.4, 0.5) is 0 Å². The Morgan fingerprint density at radius 3 is 2.30 bits per heavy atom. The molecule has 1 heterocycles. The molecule has 4 fully saturated rings. The average molecular weight is 273 g/mol. The van der Waals surface area contributed by atoms with Gasteiger partial charge in [-0.25, -0.2) is 0 Å². The molecule has 1 aromatic heterocycles. The summed E-state index contributed by atoms with van der Waals surface area (Å²) in [6.07, 6.45) is 10.2. The first kappa shape index (κ1) is 12.9. The van der Waals surface area contributed by atoms with Crippen LogP contribution in [0.2, 0.25) is 0 Å². The second-order valence-electron chi connectivity index (χ2n) is 8.07. The highest BCUT2D eigenvalue weighted by atomic mass is 16.3. The first-order chi connectivity index (χ1) is 9.68. The first-order valence-corrected chi connectivity index (χ1v) is 8.40. The van der Waals surface area contributed by atoms with E-state index in [1.807, 2.05) is 6.07 Å². The van der Waals surface area contributed by atoms with Crippen molar-refractivity contribution in [2.45, 2.75) is 45.4 Å². The van der Waals surface area contributed by atoms with E-state index in [4.69, 9.17) is 10.2 Å². The van der Waals surface area contributed by atoms with Crippen molar-refractivity contribution in [3.05, 3.63) is 24.2 Å². The molecule has 1 aromatic rings. The molecule has 4 saturated carbocycles. The lowest BCUT2D eigenvalue weighted by Crippen LogP contribution is -2.53. The van der Waals surface area contributed by atoms with Crippen LogP contribution in [-0.2, 0) is 6.42 Å². The van der Waals surface area contributed by atoms with Crippen molar-refractivity contribution >= 4 is 0 Å². The van der Waals surface area contributed by atoms with E-state index >= 15 is 0 Å². The zero-order valence-electron chi connectivity index (χ0n) is 12.6. The predicted molar refractivity (Wildman–Crippen MR) is 80.1 cm³/mol. The Balaban J connectivity index is 1.60. The molecule has 4 aliphatic carbocycles. The second-order valence-corrected chi connectivity index (χ2v) is 8.07. The predicted octanol–water partition coefficient (Wildman–Crippen LogP) is 3.86. The van der Waals surface area contributed by atoms with Gasteiger partial charge in [0.2, 0.25) is 0 Å². The highest BCUT2D eigenvalue weighted by Crippen LogP contribution is 2.61. The van der Waals surface area contributed by atoms with E-state index in [9.17, 15) is 0 Å². The third-order valence-electron chi connectivity index (χ3n) is 6.66. The van der Waals surface area contributed by atoms with E-state index in [-0.39, 0.29) is 5.41 Å². The largest absolute Gasteiger partial charge is 0.469 e. The van der Waals surface area contributed by atoms with Crippen molar-refractivity contribution < 1.29 is 4.42 Å². The normalized spacial score (nSPS) is 41.8. The second kappa shape index (κ2) is 4.62. The summed E-state index contributed by atoms with van der Waals surface area (Å²) >= 11 is 0. The van der Waals surface area contributed by atoms with Crippen LogP contribution in [0.5, 0.6) is 0 Å². The van der Waals surface area contributed by atoms with Gasteiger partial charge >= 0.3 is 0 Å². The molecule has 2 heteroatoms. The van der Waals surface area contributed by atoms with Crippen molar-refractivity contribution in [1.82, 2.24) is 0 Å². The van der Waals surface area contributed by atoms with E-state index in [1.54, 1.807) is 6.26 Å². The number of nitrogens with two attached hydrogens (primary N) is 1. The third kappa shape index (κ3) is 1.95. The molecule has 0 amide bonds. The summed E-state index contributed by atoms with van der Waals surface area (Å²) in [5.41, 5.74) is 6.48. The van der Waals surface area contributed by atoms with E-state index in [2.05, 4.69) is 13.0 Å². The van der Waals surface area contributed by atoms with Crippen molar-refractivity contribution in [2.24, 2.45) is 40.7 Å². The molecule has 0 saturated heterocycles. The summed E-state index contributed by atoms with van der Waals surface area (Å²) in [4.78, 5) is 0. The summed E-state index contributed by atoms with van der Waals surface area (Å²) in [7, 11) is 0. The molecule has 1 atom stereocenters. The zero-order chi connectivity index (χ0) is 13.7. The SMILES string of the molecule is CC(CN)(Cc1ccco1)C1C2CC3CC(C2)CC1C3. The van der Waals surface area contributed by atoms with Crippen LogP contribution >= 0.6 is 0 Å². The molecule has 2 nitrogen and oxygen atoms in total. The lowest BCUT2D eigenvalue weighted by molar-refractivity contribution is -0.0900. The van der Waals surface area contributed by atoms with Crippen LogP contribution < -0.4 is 5.73 Å². The van der Waals surface area contributed by atoms with Crippen LogP contribution in [0.3, 0.4) is 0 Å². The Morgan fingerprint density at radius 1 is 1.15 bits per heavy atom. The van der Waals surface area contributed by atoms with Gasteiger partial charge in [0.25, 0.3) is 0 Å². The van der Waals surface area contributed by atoms with Gasteiger partial charge < -0.3 is 10.2 Å². The van der Waals surface area contributed by atoms with Gasteiger partial charge in [-0.05, 0) is 85.8 Å². The van der Waals surface area contributed by atoms with Gasteiger partial charge in [0.05, 0.1) is 6.26 Å². The minimum Gasteiger partial charge on any atom is -0.469 e. The lowest BCUT2D eigenvalue weighted by atomic mass is 9.46. The monoisotopic (exact) mass is 273 g/mol. The molecule has 0 aromatic carbocycles. The Hall–Kier alpha value is -0.760. The number of furan rings is 1. The Morgan fingerprint density at radius 2 is 1.80 bits per heavy atom. The minimum absolute atomic E-state index is 0.223. The maximum atomic E-state index is 6.26. The van der Waals surface area contributed by atoms with Gasteiger partial charge in [0.15, 0.2) is 0 Å². The van der Waals surface area contributed by atoms with Gasteiger partial charge in [-0.3, -0.25) is 0 Å². The maximum Gasteiger partial charge on any atom is 0.104 e. The molecular weight excluding hydrogens is 246 g/mol. The smallest absolute Gasteiger partial charge is 0.104 e. The van der Waals surface area contributed by atoms with E-state index in [0.717, 1.165) is 48.3 Å². The van der Waals surface area contributed by atoms with E-state index in [1.165, 1.54) is 32.1 Å². The molecule has 20 heavy (non-hydrogen) atoms. The Labute approximate surface area is 122 Å². The number of rotatable bonds is 4. The van der Waals surface area contributed by atoms with Crippen molar-refractivity contribution in [2.75, 3.05) is 6.54 Å². The quantitative estimate of drug-likeness (QED) is 0.904. The molecule has 5 rings (SSSR count). The van der Waals surface area contributed by atoms with E-state index in [0.29, 0.717) is 0 Å². The van der Waals surface area contributed by atoms with Gasteiger partial charge in [-0.15, -0.1) is 0 Å². The van der Waals surface area contributed by atoms with Crippen LogP contribution in [-0.4, -0.2) is 6.54 Å². The molecule has 0 aliphatic heterocycles. The van der Waals surface area contributed by atoms with Crippen molar-refractivity contribution in [3.63, 3.8) is 0 Å². The molecule has 110 valence electrons. The van der Waals surface area contributed by atoms with Crippen molar-refractivity contribution in [1.29, 1.82) is 0 Å². The summed E-state index contributed by atoms with van der Waals surface area (Å²) in [6.45, 7) is 3.21. The molecule has 4 bridgehead atoms. The van der Waals surface area contributed by atoms with Crippen molar-refractivity contribution in [3.8, 4) is 0 Å². The number of hydrogen-bond acceptors (Lipinski definition) is 2. The van der Waals surface area contributed by atoms with Gasteiger partial charge in [-0.1, -0.05) is 6.92 Å². The van der Waals surface area contributed by atoms with Crippen LogP contribution in [0.1, 0.15) is 44.8 Å². The average Bonchev–Trinajstić information content (AvgIpc) is 2.90. The fourth-order valence-electron chi connectivity index (χ4n) is 6.20. The van der Waals surface area contributed by atoms with Crippen LogP contribution in [0.15, 0.2) is 22.8 Å². The fraction of sp³-hybridized carbons (Fsp3) is 0.778. The fourth-order valence-corrected chi connectivity index (χ4v) is 6.20. The summed E-state index contributed by atoms with van der Waals surface area (Å²) < 4.78 is 5.62. The summed E-state index contributed by atoms with van der Waals surface area (Å²) in [6, 6.07) is 4.12. The zero-order valence-corrected chi connectivity index (χ0v) is 12.6. The van der Waals surface area contributed by atoms with E-state index < -0.39 is 0 Å². The Kier molecular flexibility index (Phi) is 2.99. The van der Waals surface area contributed by atoms with Crippen LogP contribution in [0, 0.1) is 35.0 Å². The molecular formula is C18H27NO. The standard InChI is InChI=1S/C18H27NO/c1-18(11-19,10-16-3-2-4-20-16)17-14-6-12-5-13(8-14)9-15(17)7-12/h2-4,12-15,17H,5-11,19H2,1H3. The molecule has 1 unspecified atom stereocenters. The highest BCUT2D eigenvalue weighted by molar-refractivity contribution is 5.08. The first-order valence-electron chi connectivity index (χ1n) is 8.40. The van der Waals surface area contributed by atoms with Gasteiger partial charge in [-0.2, -0.15) is 0 Å². The molecule has 0 radical (unpaired) electrons.